The molecule has 8 nitrogen and oxygen atoms in total. The van der Waals surface area contributed by atoms with E-state index < -0.39 is 0 Å². The number of hydrogen-bond donors (Lipinski definition) is 3. The largest absolute Gasteiger partial charge is 0.412 e. The first-order valence-corrected chi connectivity index (χ1v) is 15.5. The minimum absolute atomic E-state index is 0. The van der Waals surface area contributed by atoms with Crippen molar-refractivity contribution in [3.63, 3.8) is 0 Å². The summed E-state index contributed by atoms with van der Waals surface area (Å²) >= 11 is 14.3. The standard InChI is InChI=1S/C31H32Cl2N4O2S.2H2O/c1-17-28(34-18(2)29(17)31(39)37-12-10-20(11-13-37)35-19-6-7-19)15-23-22-14-21(8-9-27(22)36-30(23)38)40-16-24-25(32)4-3-5-26(24)33;;/h3-5,8-9,14-15,19-20,34-35H,6-7,10-13,16H2,1-2H3,(H,36,38);2*1H2/b23-15-;;. The highest BCUT2D eigenvalue weighted by atomic mass is 35.5. The van der Waals surface area contributed by atoms with Crippen molar-refractivity contribution >= 4 is 64.1 Å². The summed E-state index contributed by atoms with van der Waals surface area (Å²) in [5.41, 5.74) is 6.26. The predicted molar refractivity (Wildman–Crippen MR) is 172 cm³/mol. The molecule has 42 heavy (non-hydrogen) atoms. The molecule has 3 aliphatic rings. The van der Waals surface area contributed by atoms with Crippen molar-refractivity contribution in [3.8, 4) is 0 Å². The zero-order chi connectivity index (χ0) is 28.0. The van der Waals surface area contributed by atoms with Crippen molar-refractivity contribution in [2.24, 2.45) is 0 Å². The first kappa shape index (κ1) is 32.1. The quantitative estimate of drug-likeness (QED) is 0.236. The van der Waals surface area contributed by atoms with Crippen molar-refractivity contribution in [1.29, 1.82) is 0 Å². The molecule has 1 aliphatic carbocycles. The van der Waals surface area contributed by atoms with Gasteiger partial charge in [0.25, 0.3) is 11.8 Å². The average molecular weight is 632 g/mol. The van der Waals surface area contributed by atoms with Crippen LogP contribution in [0.5, 0.6) is 0 Å². The molecule has 1 saturated heterocycles. The van der Waals surface area contributed by atoms with Crippen LogP contribution in [0.2, 0.25) is 10.0 Å². The maximum Gasteiger partial charge on any atom is 0.256 e. The Kier molecular flexibility index (Phi) is 10.1. The van der Waals surface area contributed by atoms with Crippen molar-refractivity contribution in [3.05, 3.63) is 80.1 Å². The maximum absolute atomic E-state index is 13.5. The first-order chi connectivity index (χ1) is 19.3. The Morgan fingerprint density at radius 1 is 1.05 bits per heavy atom. The summed E-state index contributed by atoms with van der Waals surface area (Å²) in [7, 11) is 0. The first-order valence-electron chi connectivity index (χ1n) is 13.8. The fourth-order valence-electron chi connectivity index (χ4n) is 5.60. The fraction of sp³-hybridized carbons (Fsp3) is 0.355. The van der Waals surface area contributed by atoms with Gasteiger partial charge in [0.05, 0.1) is 11.1 Å². The van der Waals surface area contributed by atoms with E-state index in [1.54, 1.807) is 11.8 Å². The Morgan fingerprint density at radius 2 is 1.71 bits per heavy atom. The number of aromatic nitrogens is 1. The lowest BCUT2D eigenvalue weighted by molar-refractivity contribution is -0.110. The topological polar surface area (TPSA) is 140 Å². The second kappa shape index (κ2) is 13.2. The molecule has 3 heterocycles. The lowest BCUT2D eigenvalue weighted by atomic mass is 10.0. The molecule has 0 radical (unpaired) electrons. The van der Waals surface area contributed by atoms with Crippen LogP contribution in [0, 0.1) is 13.8 Å². The van der Waals surface area contributed by atoms with Gasteiger partial charge in [0, 0.05) is 68.5 Å². The van der Waals surface area contributed by atoms with Crippen LogP contribution in [-0.2, 0) is 10.5 Å². The molecule has 0 unspecified atom stereocenters. The van der Waals surface area contributed by atoms with Crippen LogP contribution in [0.3, 0.4) is 0 Å². The van der Waals surface area contributed by atoms with Gasteiger partial charge in [-0.2, -0.15) is 0 Å². The summed E-state index contributed by atoms with van der Waals surface area (Å²) in [6.45, 7) is 5.41. The number of thioether (sulfide) groups is 1. The zero-order valence-electron chi connectivity index (χ0n) is 23.6. The summed E-state index contributed by atoms with van der Waals surface area (Å²) < 4.78 is 0. The number of nitrogens with zero attached hydrogens (tertiary/aromatic N) is 1. The van der Waals surface area contributed by atoms with Crippen LogP contribution >= 0.6 is 35.0 Å². The predicted octanol–water partition coefficient (Wildman–Crippen LogP) is 5.43. The highest BCUT2D eigenvalue weighted by molar-refractivity contribution is 7.98. The van der Waals surface area contributed by atoms with Crippen LogP contribution in [0.4, 0.5) is 5.69 Å². The number of rotatable bonds is 7. The number of piperidine rings is 1. The van der Waals surface area contributed by atoms with Crippen molar-refractivity contribution in [1.82, 2.24) is 15.2 Å². The van der Waals surface area contributed by atoms with Gasteiger partial charge in [0.2, 0.25) is 0 Å². The summed E-state index contributed by atoms with van der Waals surface area (Å²) in [5, 5.41) is 7.94. The van der Waals surface area contributed by atoms with Gasteiger partial charge in [0.1, 0.15) is 0 Å². The number of likely N-dealkylation sites (tertiary alicyclic amines) is 1. The highest BCUT2D eigenvalue weighted by Gasteiger charge is 2.31. The van der Waals surface area contributed by atoms with E-state index in [0.29, 0.717) is 39.0 Å². The van der Waals surface area contributed by atoms with Crippen molar-refractivity contribution < 1.29 is 20.5 Å². The van der Waals surface area contributed by atoms with Crippen LogP contribution in [0.25, 0.3) is 11.6 Å². The van der Waals surface area contributed by atoms with E-state index in [-0.39, 0.29) is 22.8 Å². The Morgan fingerprint density at radius 3 is 2.38 bits per heavy atom. The number of carbonyl (C=O) groups excluding carboxylic acids is 2. The Bertz CT molecular complexity index is 1510. The Balaban J connectivity index is 0.00000202. The summed E-state index contributed by atoms with van der Waals surface area (Å²) in [6, 6.07) is 12.6. The van der Waals surface area contributed by atoms with E-state index in [9.17, 15) is 9.59 Å². The van der Waals surface area contributed by atoms with Crippen LogP contribution in [0.1, 0.15) is 64.1 Å². The summed E-state index contributed by atoms with van der Waals surface area (Å²) in [4.78, 5) is 32.9. The van der Waals surface area contributed by atoms with Gasteiger partial charge < -0.3 is 31.5 Å². The molecule has 2 amide bonds. The van der Waals surface area contributed by atoms with Crippen molar-refractivity contribution in [2.45, 2.75) is 62.3 Å². The summed E-state index contributed by atoms with van der Waals surface area (Å²) in [6.07, 6.45) is 6.40. The third-order valence-electron chi connectivity index (χ3n) is 8.03. The van der Waals surface area contributed by atoms with Crippen LogP contribution in [0.15, 0.2) is 41.3 Å². The number of amides is 2. The smallest absolute Gasteiger partial charge is 0.256 e. The minimum atomic E-state index is -0.156. The van der Waals surface area contributed by atoms with E-state index >= 15 is 0 Å². The van der Waals surface area contributed by atoms with Gasteiger partial charge in [-0.05, 0) is 87.1 Å². The molecule has 1 saturated carbocycles. The van der Waals surface area contributed by atoms with Gasteiger partial charge in [-0.3, -0.25) is 9.59 Å². The third-order valence-corrected chi connectivity index (χ3v) is 9.76. The molecule has 2 aliphatic heterocycles. The van der Waals surface area contributed by atoms with Crippen LogP contribution < -0.4 is 10.6 Å². The molecule has 0 spiro atoms. The number of nitrogens with one attached hydrogen (secondary N) is 3. The Labute approximate surface area is 259 Å². The van der Waals surface area contributed by atoms with Crippen molar-refractivity contribution in [2.75, 3.05) is 18.4 Å². The SMILES string of the molecule is Cc1[nH]c(/C=C2\C(=O)Nc3ccc(SCc4c(Cl)cccc4Cl)cc32)c(C)c1C(=O)N1CCC(NC2CC2)CC1.O.O. The van der Waals surface area contributed by atoms with Gasteiger partial charge in [-0.1, -0.05) is 29.3 Å². The minimum Gasteiger partial charge on any atom is -0.412 e. The molecule has 7 N–H and O–H groups in total. The third kappa shape index (κ3) is 6.56. The number of fused-ring (bicyclic) bond motifs is 1. The van der Waals surface area contributed by atoms with E-state index in [2.05, 4.69) is 15.6 Å². The molecule has 2 fully saturated rings. The molecule has 0 bridgehead atoms. The van der Waals surface area contributed by atoms with Gasteiger partial charge >= 0.3 is 0 Å². The van der Waals surface area contributed by atoms with Gasteiger partial charge in [-0.15, -0.1) is 11.8 Å². The second-order valence-corrected chi connectivity index (χ2v) is 12.7. The number of anilines is 1. The van der Waals surface area contributed by atoms with E-state index in [1.807, 2.05) is 61.2 Å². The number of aryl methyl sites for hydroxylation is 1. The number of aromatic amines is 1. The number of carbonyl (C=O) groups is 2. The average Bonchev–Trinajstić information content (AvgIpc) is 3.63. The summed E-state index contributed by atoms with van der Waals surface area (Å²) in [5.74, 6) is 0.525. The van der Waals surface area contributed by atoms with Gasteiger partial charge in [-0.25, -0.2) is 0 Å². The molecular formula is C31H36Cl2N4O4S. The molecular weight excluding hydrogens is 595 g/mol. The molecule has 1 aromatic heterocycles. The highest BCUT2D eigenvalue weighted by Crippen LogP contribution is 2.39. The Hall–Kier alpha value is -2.79. The molecule has 0 atom stereocenters. The maximum atomic E-state index is 13.5. The van der Waals surface area contributed by atoms with E-state index in [4.69, 9.17) is 23.2 Å². The fourth-order valence-corrected chi connectivity index (χ4v) is 7.28. The number of benzene rings is 2. The molecule has 3 aromatic rings. The number of hydrogen-bond acceptors (Lipinski definition) is 4. The second-order valence-electron chi connectivity index (χ2n) is 10.9. The molecule has 2 aromatic carbocycles. The molecule has 6 rings (SSSR count). The van der Waals surface area contributed by atoms with E-state index in [1.165, 1.54) is 12.8 Å². The van der Waals surface area contributed by atoms with Gasteiger partial charge in [0.15, 0.2) is 0 Å². The van der Waals surface area contributed by atoms with Crippen LogP contribution in [-0.4, -0.2) is 57.8 Å². The molecule has 224 valence electrons. The lowest BCUT2D eigenvalue weighted by Crippen LogP contribution is -2.45. The normalized spacial score (nSPS) is 17.5. The zero-order valence-corrected chi connectivity index (χ0v) is 25.9. The number of halogens is 2. The molecule has 11 heteroatoms. The van der Waals surface area contributed by atoms with E-state index in [0.717, 1.165) is 64.6 Å². The lowest BCUT2D eigenvalue weighted by Gasteiger charge is -2.32. The monoisotopic (exact) mass is 630 g/mol. The number of H-pyrrole nitrogens is 1.